The molecule has 2 nitrogen and oxygen atoms in total. The van der Waals surface area contributed by atoms with Crippen molar-refractivity contribution in [1.82, 2.24) is 9.55 Å². The van der Waals surface area contributed by atoms with E-state index >= 15 is 0 Å². The van der Waals surface area contributed by atoms with Gasteiger partial charge in [-0.2, -0.15) is 11.8 Å². The van der Waals surface area contributed by atoms with E-state index < -0.39 is 0 Å². The Morgan fingerprint density at radius 2 is 2.38 bits per heavy atom. The Bertz CT molecular complexity index is 245. The van der Waals surface area contributed by atoms with Crippen molar-refractivity contribution >= 4 is 11.8 Å². The highest BCUT2D eigenvalue weighted by molar-refractivity contribution is 7.98. The van der Waals surface area contributed by atoms with Crippen LogP contribution >= 0.6 is 11.8 Å². The quantitative estimate of drug-likeness (QED) is 0.723. The van der Waals surface area contributed by atoms with E-state index in [4.69, 9.17) is 0 Å². The summed E-state index contributed by atoms with van der Waals surface area (Å²) in [5.41, 5.74) is 0. The third kappa shape index (κ3) is 2.76. The first-order chi connectivity index (χ1) is 6.29. The van der Waals surface area contributed by atoms with Gasteiger partial charge in [0, 0.05) is 18.9 Å². The standard InChI is InChI=1S/C10H18N2S/c1-4-5-7-12-8-6-11-10(12)9(2)13-3/h6,8-9H,4-5,7H2,1-3H3. The van der Waals surface area contributed by atoms with Crippen molar-refractivity contribution < 1.29 is 0 Å². The fraction of sp³-hybridized carbons (Fsp3) is 0.700. The number of hydrogen-bond acceptors (Lipinski definition) is 2. The molecule has 1 aromatic heterocycles. The minimum Gasteiger partial charge on any atom is -0.334 e. The van der Waals surface area contributed by atoms with E-state index in [1.165, 1.54) is 18.7 Å². The van der Waals surface area contributed by atoms with Crippen LogP contribution in [0.4, 0.5) is 0 Å². The number of thioether (sulfide) groups is 1. The average Bonchev–Trinajstić information content (AvgIpc) is 2.61. The Morgan fingerprint density at radius 3 is 3.00 bits per heavy atom. The van der Waals surface area contributed by atoms with Crippen LogP contribution in [0.15, 0.2) is 12.4 Å². The third-order valence-electron chi connectivity index (χ3n) is 2.22. The lowest BCUT2D eigenvalue weighted by Gasteiger charge is -2.11. The zero-order chi connectivity index (χ0) is 9.68. The van der Waals surface area contributed by atoms with E-state index in [1.54, 1.807) is 0 Å². The molecule has 1 atom stereocenters. The summed E-state index contributed by atoms with van der Waals surface area (Å²) in [6, 6.07) is 0. The summed E-state index contributed by atoms with van der Waals surface area (Å²) in [6.45, 7) is 5.53. The van der Waals surface area contributed by atoms with E-state index in [-0.39, 0.29) is 0 Å². The van der Waals surface area contributed by atoms with E-state index in [0.29, 0.717) is 5.25 Å². The average molecular weight is 198 g/mol. The van der Waals surface area contributed by atoms with Gasteiger partial charge in [0.15, 0.2) is 0 Å². The summed E-state index contributed by atoms with van der Waals surface area (Å²) < 4.78 is 2.27. The van der Waals surface area contributed by atoms with Gasteiger partial charge < -0.3 is 4.57 Å². The predicted octanol–water partition coefficient (Wildman–Crippen LogP) is 3.11. The van der Waals surface area contributed by atoms with Crippen LogP contribution in [-0.2, 0) is 6.54 Å². The SMILES string of the molecule is CCCCn1ccnc1C(C)SC. The van der Waals surface area contributed by atoms with Crippen LogP contribution in [0.3, 0.4) is 0 Å². The number of imidazole rings is 1. The van der Waals surface area contributed by atoms with Gasteiger partial charge in [-0.15, -0.1) is 0 Å². The number of aryl methyl sites for hydroxylation is 1. The monoisotopic (exact) mass is 198 g/mol. The van der Waals surface area contributed by atoms with Gasteiger partial charge in [-0.3, -0.25) is 0 Å². The highest BCUT2D eigenvalue weighted by Crippen LogP contribution is 2.23. The summed E-state index contributed by atoms with van der Waals surface area (Å²) in [7, 11) is 0. The van der Waals surface area contributed by atoms with E-state index in [1.807, 2.05) is 18.0 Å². The summed E-state index contributed by atoms with van der Waals surface area (Å²) in [6.07, 6.45) is 8.59. The molecule has 3 heteroatoms. The summed E-state index contributed by atoms with van der Waals surface area (Å²) >= 11 is 1.85. The molecule has 74 valence electrons. The lowest BCUT2D eigenvalue weighted by molar-refractivity contribution is 0.604. The van der Waals surface area contributed by atoms with Gasteiger partial charge in [-0.1, -0.05) is 13.3 Å². The molecule has 13 heavy (non-hydrogen) atoms. The van der Waals surface area contributed by atoms with Crippen molar-refractivity contribution in [3.8, 4) is 0 Å². The fourth-order valence-electron chi connectivity index (χ4n) is 1.30. The normalized spacial score (nSPS) is 13.2. The lowest BCUT2D eigenvalue weighted by Crippen LogP contribution is -2.04. The molecule has 0 aromatic carbocycles. The van der Waals surface area contributed by atoms with E-state index in [9.17, 15) is 0 Å². The molecule has 0 bridgehead atoms. The number of hydrogen-bond donors (Lipinski definition) is 0. The first-order valence-electron chi connectivity index (χ1n) is 4.83. The van der Waals surface area contributed by atoms with Crippen LogP contribution in [0, 0.1) is 0 Å². The van der Waals surface area contributed by atoms with Crippen LogP contribution in [-0.4, -0.2) is 15.8 Å². The van der Waals surface area contributed by atoms with Gasteiger partial charge in [0.1, 0.15) is 5.82 Å². The van der Waals surface area contributed by atoms with Crippen molar-refractivity contribution in [2.45, 2.75) is 38.5 Å². The number of rotatable bonds is 5. The molecule has 0 fully saturated rings. The Labute approximate surface area is 84.7 Å². The molecule has 1 aromatic rings. The second-order valence-electron chi connectivity index (χ2n) is 3.21. The van der Waals surface area contributed by atoms with Gasteiger partial charge in [0.25, 0.3) is 0 Å². The van der Waals surface area contributed by atoms with Gasteiger partial charge in [0.2, 0.25) is 0 Å². The van der Waals surface area contributed by atoms with Crippen LogP contribution in [0.5, 0.6) is 0 Å². The summed E-state index contributed by atoms with van der Waals surface area (Å²) in [5, 5.41) is 0.506. The molecular weight excluding hydrogens is 180 g/mol. The first-order valence-corrected chi connectivity index (χ1v) is 6.12. The maximum absolute atomic E-state index is 4.38. The number of aromatic nitrogens is 2. The third-order valence-corrected chi connectivity index (χ3v) is 3.14. The lowest BCUT2D eigenvalue weighted by atomic mass is 10.3. The summed E-state index contributed by atoms with van der Waals surface area (Å²) in [4.78, 5) is 4.38. The Morgan fingerprint density at radius 1 is 1.62 bits per heavy atom. The fourth-order valence-corrected chi connectivity index (χ4v) is 1.71. The molecule has 1 unspecified atom stereocenters. The first kappa shape index (κ1) is 10.6. The zero-order valence-corrected chi connectivity index (χ0v) is 9.47. The van der Waals surface area contributed by atoms with Gasteiger partial charge in [-0.05, 0) is 19.6 Å². The topological polar surface area (TPSA) is 17.8 Å². The molecule has 1 rings (SSSR count). The largest absolute Gasteiger partial charge is 0.334 e. The molecule has 0 aliphatic heterocycles. The molecule has 0 aliphatic carbocycles. The van der Waals surface area contributed by atoms with E-state index in [0.717, 1.165) is 6.54 Å². The van der Waals surface area contributed by atoms with Gasteiger partial charge >= 0.3 is 0 Å². The Hall–Kier alpha value is -0.440. The smallest absolute Gasteiger partial charge is 0.121 e. The Kier molecular flexibility index (Phi) is 4.36. The van der Waals surface area contributed by atoms with Gasteiger partial charge in [-0.25, -0.2) is 4.98 Å². The van der Waals surface area contributed by atoms with Crippen molar-refractivity contribution in [3.63, 3.8) is 0 Å². The van der Waals surface area contributed by atoms with Crippen molar-refractivity contribution in [2.75, 3.05) is 6.26 Å². The second kappa shape index (κ2) is 5.32. The van der Waals surface area contributed by atoms with Crippen molar-refractivity contribution in [1.29, 1.82) is 0 Å². The molecule has 0 radical (unpaired) electrons. The molecular formula is C10H18N2S. The van der Waals surface area contributed by atoms with Crippen molar-refractivity contribution in [3.05, 3.63) is 18.2 Å². The maximum Gasteiger partial charge on any atom is 0.121 e. The molecule has 0 amide bonds. The van der Waals surface area contributed by atoms with Crippen molar-refractivity contribution in [2.24, 2.45) is 0 Å². The van der Waals surface area contributed by atoms with Crippen LogP contribution in [0.1, 0.15) is 37.8 Å². The number of nitrogens with zero attached hydrogens (tertiary/aromatic N) is 2. The molecule has 0 N–H and O–H groups in total. The minimum absolute atomic E-state index is 0.506. The summed E-state index contributed by atoms with van der Waals surface area (Å²) in [5.74, 6) is 1.21. The minimum atomic E-state index is 0.506. The van der Waals surface area contributed by atoms with Crippen LogP contribution in [0.25, 0.3) is 0 Å². The molecule has 1 heterocycles. The van der Waals surface area contributed by atoms with E-state index in [2.05, 4.69) is 35.9 Å². The molecule has 0 aliphatic rings. The van der Waals surface area contributed by atoms with Crippen LogP contribution in [0.2, 0.25) is 0 Å². The number of unbranched alkanes of at least 4 members (excludes halogenated alkanes) is 1. The van der Waals surface area contributed by atoms with Gasteiger partial charge in [0.05, 0.1) is 5.25 Å². The molecule has 0 saturated carbocycles. The highest BCUT2D eigenvalue weighted by Gasteiger charge is 2.09. The zero-order valence-electron chi connectivity index (χ0n) is 8.66. The Balaban J connectivity index is 2.65. The second-order valence-corrected chi connectivity index (χ2v) is 4.39. The maximum atomic E-state index is 4.38. The predicted molar refractivity (Wildman–Crippen MR) is 59.1 cm³/mol. The van der Waals surface area contributed by atoms with Crippen LogP contribution < -0.4 is 0 Å². The molecule has 0 saturated heterocycles. The molecule has 0 spiro atoms. The highest BCUT2D eigenvalue weighted by atomic mass is 32.2.